The number of hydrogen-bond acceptors (Lipinski definition) is 7. The van der Waals surface area contributed by atoms with Gasteiger partial charge in [-0.1, -0.05) is 0 Å². The van der Waals surface area contributed by atoms with E-state index in [9.17, 15) is 18.3 Å². The van der Waals surface area contributed by atoms with Crippen molar-refractivity contribution < 1.29 is 28.3 Å². The van der Waals surface area contributed by atoms with Gasteiger partial charge in [0.2, 0.25) is 10.0 Å². The van der Waals surface area contributed by atoms with Gasteiger partial charge in [0.15, 0.2) is 0 Å². The molecule has 2 atom stereocenters. The molecule has 1 aromatic carbocycles. The quantitative estimate of drug-likeness (QED) is 0.521. The fraction of sp³-hybridized carbons (Fsp3) is 0.312. The lowest BCUT2D eigenvalue weighted by Crippen LogP contribution is -2.51. The number of benzene rings is 1. The molecule has 0 bridgehead atoms. The number of methoxy groups -OCH3 is 1. The summed E-state index contributed by atoms with van der Waals surface area (Å²) in [4.78, 5) is 13.0. The molecule has 1 aliphatic heterocycles. The van der Waals surface area contributed by atoms with E-state index in [-0.39, 0.29) is 11.4 Å². The molecule has 1 aromatic heterocycles. The van der Waals surface area contributed by atoms with Gasteiger partial charge in [-0.25, -0.2) is 13.9 Å². The molecule has 10 heteroatoms. The van der Waals surface area contributed by atoms with Crippen molar-refractivity contribution in [2.75, 3.05) is 13.7 Å². The molecule has 140 valence electrons. The third-order valence-corrected chi connectivity index (χ3v) is 7.20. The predicted octanol–water partition coefficient (Wildman–Crippen LogP) is 0.911. The second-order valence-corrected chi connectivity index (χ2v) is 8.60. The maximum atomic E-state index is 13.1. The fourth-order valence-corrected chi connectivity index (χ4v) is 5.49. The van der Waals surface area contributed by atoms with Crippen LogP contribution in [0.4, 0.5) is 0 Å². The molecule has 1 amide bonds. The molecule has 3 rings (SSSR count). The molecule has 0 radical (unpaired) electrons. The number of fused-ring (bicyclic) bond motifs is 1. The number of nitrogens with zero attached hydrogens (tertiary/aromatic N) is 1. The van der Waals surface area contributed by atoms with Gasteiger partial charge in [-0.05, 0) is 47.7 Å². The van der Waals surface area contributed by atoms with E-state index in [1.807, 2.05) is 0 Å². The number of carbonyl (C=O) groups is 1. The van der Waals surface area contributed by atoms with Gasteiger partial charge in [0.1, 0.15) is 17.9 Å². The van der Waals surface area contributed by atoms with Gasteiger partial charge in [-0.3, -0.25) is 10.0 Å². The van der Waals surface area contributed by atoms with Crippen molar-refractivity contribution in [3.8, 4) is 5.75 Å². The van der Waals surface area contributed by atoms with Gasteiger partial charge in [0.25, 0.3) is 5.91 Å². The zero-order chi connectivity index (χ0) is 18.9. The number of aliphatic hydroxyl groups is 1. The van der Waals surface area contributed by atoms with Crippen molar-refractivity contribution in [1.82, 2.24) is 9.79 Å². The predicted molar refractivity (Wildman–Crippen MR) is 93.6 cm³/mol. The first kappa shape index (κ1) is 18.8. The second-order valence-electron chi connectivity index (χ2n) is 5.71. The minimum Gasteiger partial charge on any atom is -0.497 e. The highest BCUT2D eigenvalue weighted by Gasteiger charge is 2.43. The van der Waals surface area contributed by atoms with Gasteiger partial charge in [-0.2, -0.15) is 4.31 Å². The molecule has 8 nitrogen and oxygen atoms in total. The largest absolute Gasteiger partial charge is 0.497 e. The van der Waals surface area contributed by atoms with Crippen LogP contribution in [0.2, 0.25) is 0 Å². The average molecular weight is 398 g/mol. The number of sulfonamides is 1. The van der Waals surface area contributed by atoms with E-state index in [2.05, 4.69) is 0 Å². The Morgan fingerprint density at radius 2 is 2.00 bits per heavy atom. The molecular formula is C16H18N2O6S2. The van der Waals surface area contributed by atoms with Crippen molar-refractivity contribution in [3.05, 3.63) is 46.2 Å². The summed E-state index contributed by atoms with van der Waals surface area (Å²) in [6, 6.07) is 5.91. The summed E-state index contributed by atoms with van der Waals surface area (Å²) in [6.45, 7) is -0.00295. The van der Waals surface area contributed by atoms with Crippen LogP contribution in [-0.2, 0) is 21.2 Å². The van der Waals surface area contributed by atoms with Crippen LogP contribution in [0.3, 0.4) is 0 Å². The first-order valence-corrected chi connectivity index (χ1v) is 10.1. The Hall–Kier alpha value is -1.98. The maximum Gasteiger partial charge on any atom is 0.264 e. The third-order valence-electron chi connectivity index (χ3n) is 4.31. The Morgan fingerprint density at radius 1 is 1.31 bits per heavy atom. The summed E-state index contributed by atoms with van der Waals surface area (Å²) in [5.74, 6) is -0.500. The summed E-state index contributed by atoms with van der Waals surface area (Å²) in [5.41, 5.74) is 1.96. The molecule has 0 saturated heterocycles. The molecule has 2 unspecified atom stereocenters. The van der Waals surface area contributed by atoms with E-state index < -0.39 is 28.1 Å². The highest BCUT2D eigenvalue weighted by Crippen LogP contribution is 2.35. The highest BCUT2D eigenvalue weighted by molar-refractivity contribution is 7.89. The van der Waals surface area contributed by atoms with Crippen molar-refractivity contribution in [3.63, 3.8) is 0 Å². The molecule has 0 spiro atoms. The smallest absolute Gasteiger partial charge is 0.264 e. The highest BCUT2D eigenvalue weighted by atomic mass is 32.2. The van der Waals surface area contributed by atoms with Crippen LogP contribution in [-0.4, -0.2) is 48.6 Å². The standard InChI is InChI=1S/C16H18N2O6S2/c1-24-10-2-4-11(5-3-10)26(22,23)18-8-6-13-12(7-9-25-13)15(19)14(18)16(20)17-21/h2-5,7,9,14-15,19,21H,6,8H2,1H3,(H,17,20). The van der Waals surface area contributed by atoms with Crippen molar-refractivity contribution in [1.29, 1.82) is 0 Å². The summed E-state index contributed by atoms with van der Waals surface area (Å²) in [6.07, 6.45) is -1.03. The number of amides is 1. The van der Waals surface area contributed by atoms with Crippen molar-refractivity contribution in [2.45, 2.75) is 23.5 Å². The van der Waals surface area contributed by atoms with Gasteiger partial charge in [0.05, 0.1) is 12.0 Å². The van der Waals surface area contributed by atoms with E-state index in [4.69, 9.17) is 9.94 Å². The number of hydroxylamine groups is 1. The lowest BCUT2D eigenvalue weighted by molar-refractivity contribution is -0.136. The van der Waals surface area contributed by atoms with Gasteiger partial charge < -0.3 is 9.84 Å². The lowest BCUT2D eigenvalue weighted by Gasteiger charge is -2.30. The number of ether oxygens (including phenoxy) is 1. The minimum atomic E-state index is -4.09. The van der Waals surface area contributed by atoms with Crippen LogP contribution in [0.25, 0.3) is 0 Å². The summed E-state index contributed by atoms with van der Waals surface area (Å²) in [7, 11) is -2.63. The molecule has 2 heterocycles. The van der Waals surface area contributed by atoms with Gasteiger partial charge >= 0.3 is 0 Å². The topological polar surface area (TPSA) is 116 Å². The SMILES string of the molecule is COc1ccc(S(=O)(=O)N2CCc3sccc3C(O)C2C(=O)NO)cc1. The number of hydrogen-bond donors (Lipinski definition) is 3. The van der Waals surface area contributed by atoms with Crippen LogP contribution in [0.5, 0.6) is 5.75 Å². The zero-order valence-electron chi connectivity index (χ0n) is 13.8. The lowest BCUT2D eigenvalue weighted by atomic mass is 10.0. The Morgan fingerprint density at radius 3 is 2.62 bits per heavy atom. The first-order valence-electron chi connectivity index (χ1n) is 7.74. The minimum absolute atomic E-state index is 0.00295. The Balaban J connectivity index is 2.05. The first-order chi connectivity index (χ1) is 12.4. The van der Waals surface area contributed by atoms with Gasteiger partial charge in [0, 0.05) is 11.4 Å². The van der Waals surface area contributed by atoms with Crippen LogP contribution < -0.4 is 10.2 Å². The van der Waals surface area contributed by atoms with E-state index >= 15 is 0 Å². The summed E-state index contributed by atoms with van der Waals surface area (Å²) < 4.78 is 32.2. The molecule has 2 aromatic rings. The van der Waals surface area contributed by atoms with E-state index in [0.717, 1.165) is 9.18 Å². The van der Waals surface area contributed by atoms with E-state index in [0.29, 0.717) is 17.7 Å². The van der Waals surface area contributed by atoms with E-state index in [1.165, 1.54) is 48.2 Å². The number of nitrogens with one attached hydrogen (secondary N) is 1. The Kier molecular flexibility index (Phi) is 5.30. The average Bonchev–Trinajstić information content (AvgIpc) is 3.07. The molecule has 26 heavy (non-hydrogen) atoms. The molecular weight excluding hydrogens is 380 g/mol. The summed E-state index contributed by atoms with van der Waals surface area (Å²) in [5, 5.41) is 21.5. The number of thiophene rings is 1. The monoisotopic (exact) mass is 398 g/mol. The van der Waals surface area contributed by atoms with Gasteiger partial charge in [-0.15, -0.1) is 11.3 Å². The normalized spacial score (nSPS) is 20.9. The second kappa shape index (κ2) is 7.33. The number of aliphatic hydroxyl groups excluding tert-OH is 1. The van der Waals surface area contributed by atoms with Crippen LogP contribution in [0.15, 0.2) is 40.6 Å². The maximum absolute atomic E-state index is 13.1. The Labute approximate surface area is 154 Å². The number of rotatable bonds is 4. The van der Waals surface area contributed by atoms with Crippen LogP contribution in [0, 0.1) is 0 Å². The number of carbonyl (C=O) groups excluding carboxylic acids is 1. The van der Waals surface area contributed by atoms with Crippen molar-refractivity contribution >= 4 is 27.3 Å². The molecule has 0 saturated carbocycles. The van der Waals surface area contributed by atoms with Crippen LogP contribution >= 0.6 is 11.3 Å². The van der Waals surface area contributed by atoms with Crippen LogP contribution in [0.1, 0.15) is 16.5 Å². The zero-order valence-corrected chi connectivity index (χ0v) is 15.5. The van der Waals surface area contributed by atoms with Crippen molar-refractivity contribution in [2.24, 2.45) is 0 Å². The summed E-state index contributed by atoms with van der Waals surface area (Å²) >= 11 is 1.38. The van der Waals surface area contributed by atoms with E-state index in [1.54, 1.807) is 11.4 Å². The fourth-order valence-electron chi connectivity index (χ4n) is 2.99. The molecule has 0 aliphatic carbocycles. The third kappa shape index (κ3) is 3.21. The molecule has 1 aliphatic rings. The molecule has 3 N–H and O–H groups in total. The Bertz CT molecular complexity index is 894. The molecule has 0 fully saturated rings.